The standard InChI is InChI=1S/C18H26N2O/c1-12(2)20(13(3)4)10-9-15-11-19-17-8-6-7-16(14(5)21)18(15)17/h6-8,11-13,19H,9-10H2,1-5H3. The van der Waals surface area contributed by atoms with Crippen LogP contribution in [0.3, 0.4) is 0 Å². The molecule has 0 fully saturated rings. The van der Waals surface area contributed by atoms with Crippen molar-refractivity contribution >= 4 is 16.7 Å². The molecule has 3 heteroatoms. The predicted octanol–water partition coefficient (Wildman–Crippen LogP) is 4.03. The molecule has 2 aromatic rings. The molecule has 0 atom stereocenters. The molecule has 0 radical (unpaired) electrons. The van der Waals surface area contributed by atoms with Crippen LogP contribution in [0.1, 0.15) is 50.5 Å². The van der Waals surface area contributed by atoms with E-state index >= 15 is 0 Å². The zero-order valence-electron chi connectivity index (χ0n) is 13.7. The third-order valence-electron chi connectivity index (χ3n) is 4.13. The van der Waals surface area contributed by atoms with Gasteiger partial charge in [0.1, 0.15) is 0 Å². The molecule has 0 amide bonds. The van der Waals surface area contributed by atoms with Crippen LogP contribution in [0.15, 0.2) is 24.4 Å². The molecule has 0 saturated carbocycles. The van der Waals surface area contributed by atoms with Gasteiger partial charge in [0.2, 0.25) is 0 Å². The smallest absolute Gasteiger partial charge is 0.160 e. The third kappa shape index (κ3) is 3.35. The fourth-order valence-corrected chi connectivity index (χ4v) is 3.11. The molecule has 0 aliphatic carbocycles. The number of aromatic amines is 1. The topological polar surface area (TPSA) is 36.1 Å². The zero-order valence-corrected chi connectivity index (χ0v) is 13.7. The molecular weight excluding hydrogens is 260 g/mol. The van der Waals surface area contributed by atoms with Crippen LogP contribution >= 0.6 is 0 Å². The zero-order chi connectivity index (χ0) is 15.6. The summed E-state index contributed by atoms with van der Waals surface area (Å²) in [6.07, 6.45) is 3.01. The van der Waals surface area contributed by atoms with Gasteiger partial charge in [-0.2, -0.15) is 0 Å². The Balaban J connectivity index is 2.29. The number of nitrogens with one attached hydrogen (secondary N) is 1. The summed E-state index contributed by atoms with van der Waals surface area (Å²) in [5, 5.41) is 1.09. The first-order valence-corrected chi connectivity index (χ1v) is 7.77. The van der Waals surface area contributed by atoms with Crippen molar-refractivity contribution in [3.8, 4) is 0 Å². The van der Waals surface area contributed by atoms with Gasteiger partial charge in [0.25, 0.3) is 0 Å². The summed E-state index contributed by atoms with van der Waals surface area (Å²) in [5.74, 6) is 0.131. The number of aromatic nitrogens is 1. The van der Waals surface area contributed by atoms with Crippen molar-refractivity contribution in [1.82, 2.24) is 9.88 Å². The Kier molecular flexibility index (Phi) is 4.84. The Bertz CT molecular complexity index is 617. The number of carbonyl (C=O) groups excluding carboxylic acids is 1. The Hall–Kier alpha value is -1.61. The number of ketones is 1. The minimum absolute atomic E-state index is 0.131. The van der Waals surface area contributed by atoms with E-state index in [-0.39, 0.29) is 5.78 Å². The first kappa shape index (κ1) is 15.8. The maximum atomic E-state index is 11.8. The molecule has 0 aliphatic rings. The highest BCUT2D eigenvalue weighted by molar-refractivity contribution is 6.07. The molecule has 0 unspecified atom stereocenters. The lowest BCUT2D eigenvalue weighted by Crippen LogP contribution is -2.38. The maximum Gasteiger partial charge on any atom is 0.160 e. The van der Waals surface area contributed by atoms with Crippen LogP contribution in [0, 0.1) is 0 Å². The minimum Gasteiger partial charge on any atom is -0.361 e. The van der Waals surface area contributed by atoms with Crippen molar-refractivity contribution in [2.75, 3.05) is 6.54 Å². The number of nitrogens with zero attached hydrogens (tertiary/aromatic N) is 1. The molecule has 0 aliphatic heterocycles. The maximum absolute atomic E-state index is 11.8. The highest BCUT2D eigenvalue weighted by atomic mass is 16.1. The van der Waals surface area contributed by atoms with Crippen LogP contribution in [0.25, 0.3) is 10.9 Å². The minimum atomic E-state index is 0.131. The second kappa shape index (κ2) is 6.44. The van der Waals surface area contributed by atoms with Gasteiger partial charge in [0.05, 0.1) is 0 Å². The number of benzene rings is 1. The molecule has 1 aromatic carbocycles. The van der Waals surface area contributed by atoms with Crippen LogP contribution in [0.2, 0.25) is 0 Å². The Morgan fingerprint density at radius 3 is 2.43 bits per heavy atom. The van der Waals surface area contributed by atoms with Crippen LogP contribution < -0.4 is 0 Å². The van der Waals surface area contributed by atoms with E-state index in [2.05, 4.69) is 43.8 Å². The molecule has 1 aromatic heterocycles. The Labute approximate surface area is 127 Å². The van der Waals surface area contributed by atoms with E-state index < -0.39 is 0 Å². The summed E-state index contributed by atoms with van der Waals surface area (Å²) in [4.78, 5) is 17.6. The van der Waals surface area contributed by atoms with E-state index in [0.29, 0.717) is 12.1 Å². The van der Waals surface area contributed by atoms with Gasteiger partial charge in [0, 0.05) is 41.3 Å². The van der Waals surface area contributed by atoms with E-state index in [1.54, 1.807) is 6.92 Å². The van der Waals surface area contributed by atoms with Gasteiger partial charge >= 0.3 is 0 Å². The summed E-state index contributed by atoms with van der Waals surface area (Å²) in [7, 11) is 0. The van der Waals surface area contributed by atoms with Gasteiger partial charge in [-0.05, 0) is 52.7 Å². The second-order valence-electron chi connectivity index (χ2n) is 6.27. The van der Waals surface area contributed by atoms with Gasteiger partial charge in [-0.15, -0.1) is 0 Å². The monoisotopic (exact) mass is 286 g/mol. The van der Waals surface area contributed by atoms with Crippen LogP contribution in [-0.2, 0) is 6.42 Å². The van der Waals surface area contributed by atoms with Gasteiger partial charge in [-0.25, -0.2) is 0 Å². The van der Waals surface area contributed by atoms with Gasteiger partial charge in [-0.3, -0.25) is 9.69 Å². The lowest BCUT2D eigenvalue weighted by molar-refractivity contribution is 0.101. The summed E-state index contributed by atoms with van der Waals surface area (Å²) in [6.45, 7) is 11.6. The SMILES string of the molecule is CC(=O)c1cccc2[nH]cc(CCN(C(C)C)C(C)C)c12. The molecule has 0 bridgehead atoms. The molecule has 1 N–H and O–H groups in total. The van der Waals surface area contributed by atoms with E-state index in [1.165, 1.54) is 5.56 Å². The molecule has 3 nitrogen and oxygen atoms in total. The highest BCUT2D eigenvalue weighted by Gasteiger charge is 2.16. The number of hydrogen-bond acceptors (Lipinski definition) is 2. The first-order chi connectivity index (χ1) is 9.91. The third-order valence-corrected chi connectivity index (χ3v) is 4.13. The van der Waals surface area contributed by atoms with Gasteiger partial charge in [0.15, 0.2) is 5.78 Å². The number of H-pyrrole nitrogens is 1. The fourth-order valence-electron chi connectivity index (χ4n) is 3.11. The van der Waals surface area contributed by atoms with Crippen molar-refractivity contribution in [2.24, 2.45) is 0 Å². The van der Waals surface area contributed by atoms with Crippen LogP contribution in [0.5, 0.6) is 0 Å². The molecule has 21 heavy (non-hydrogen) atoms. The normalized spacial score (nSPS) is 12.0. The molecule has 114 valence electrons. The predicted molar refractivity (Wildman–Crippen MR) is 89.0 cm³/mol. The summed E-state index contributed by atoms with van der Waals surface area (Å²) >= 11 is 0. The van der Waals surface area contributed by atoms with E-state index in [4.69, 9.17) is 0 Å². The molecular formula is C18H26N2O. The van der Waals surface area contributed by atoms with Crippen LogP contribution in [-0.4, -0.2) is 34.3 Å². The number of Topliss-reactive ketones (excluding diaryl/α,β-unsaturated/α-hetero) is 1. The first-order valence-electron chi connectivity index (χ1n) is 7.77. The summed E-state index contributed by atoms with van der Waals surface area (Å²) < 4.78 is 0. The highest BCUT2D eigenvalue weighted by Crippen LogP contribution is 2.24. The number of carbonyl (C=O) groups is 1. The summed E-state index contributed by atoms with van der Waals surface area (Å²) in [6, 6.07) is 6.96. The van der Waals surface area contributed by atoms with E-state index in [0.717, 1.165) is 29.4 Å². The Morgan fingerprint density at radius 1 is 1.19 bits per heavy atom. The largest absolute Gasteiger partial charge is 0.361 e. The lowest BCUT2D eigenvalue weighted by atomic mass is 10.0. The number of rotatable bonds is 6. The van der Waals surface area contributed by atoms with Crippen molar-refractivity contribution < 1.29 is 4.79 Å². The average molecular weight is 286 g/mol. The second-order valence-corrected chi connectivity index (χ2v) is 6.27. The van der Waals surface area contributed by atoms with Crippen molar-refractivity contribution in [3.63, 3.8) is 0 Å². The van der Waals surface area contributed by atoms with Crippen molar-refractivity contribution in [2.45, 2.75) is 53.1 Å². The molecule has 0 saturated heterocycles. The lowest BCUT2D eigenvalue weighted by Gasteiger charge is -2.30. The van der Waals surface area contributed by atoms with E-state index in [1.807, 2.05) is 18.2 Å². The summed E-state index contributed by atoms with van der Waals surface area (Å²) in [5.41, 5.74) is 3.12. The van der Waals surface area contributed by atoms with Gasteiger partial charge in [-0.1, -0.05) is 12.1 Å². The van der Waals surface area contributed by atoms with Crippen LogP contribution in [0.4, 0.5) is 0 Å². The average Bonchev–Trinajstić information content (AvgIpc) is 2.81. The van der Waals surface area contributed by atoms with Crippen molar-refractivity contribution in [3.05, 3.63) is 35.5 Å². The molecule has 1 heterocycles. The fraction of sp³-hybridized carbons (Fsp3) is 0.500. The number of hydrogen-bond donors (Lipinski definition) is 1. The molecule has 2 rings (SSSR count). The van der Waals surface area contributed by atoms with Crippen molar-refractivity contribution in [1.29, 1.82) is 0 Å². The quantitative estimate of drug-likeness (QED) is 0.814. The number of fused-ring (bicyclic) bond motifs is 1. The Morgan fingerprint density at radius 2 is 1.86 bits per heavy atom. The van der Waals surface area contributed by atoms with Gasteiger partial charge < -0.3 is 4.98 Å². The van der Waals surface area contributed by atoms with E-state index in [9.17, 15) is 4.79 Å². The molecule has 0 spiro atoms.